The second-order valence-corrected chi connectivity index (χ2v) is 6.99. The van der Waals surface area contributed by atoms with Crippen LogP contribution >= 0.6 is 0 Å². The topological polar surface area (TPSA) is 87.0 Å². The Morgan fingerprint density at radius 1 is 1.13 bits per heavy atom. The van der Waals surface area contributed by atoms with E-state index in [0.717, 1.165) is 36.0 Å². The summed E-state index contributed by atoms with van der Waals surface area (Å²) in [6.45, 7) is 4.11. The average Bonchev–Trinajstić information content (AvgIpc) is 2.75. The number of benzene rings is 2. The fourth-order valence-electron chi connectivity index (χ4n) is 3.45. The van der Waals surface area contributed by atoms with Gasteiger partial charge >= 0.3 is 0 Å². The fraction of sp³-hybridized carbons (Fsp3) is 0.250. The number of nitrogen functional groups attached to an aromatic ring is 1. The highest BCUT2D eigenvalue weighted by atomic mass is 19.1. The highest BCUT2D eigenvalue weighted by Gasteiger charge is 2.27. The Morgan fingerprint density at radius 2 is 1.90 bits per heavy atom. The Balaban J connectivity index is 0.00000124. The summed E-state index contributed by atoms with van der Waals surface area (Å²) in [6, 6.07) is 11.5. The Hall–Kier alpha value is -3.25. The number of nitrogens with zero attached hydrogens (tertiary/aromatic N) is 2. The van der Waals surface area contributed by atoms with E-state index in [-0.39, 0.29) is 6.61 Å². The predicted octanol–water partition coefficient (Wildman–Crippen LogP) is 4.93. The first kappa shape index (κ1) is 21.5. The summed E-state index contributed by atoms with van der Waals surface area (Å²) < 4.78 is 21.5. The second kappa shape index (κ2) is 9.98. The zero-order valence-electron chi connectivity index (χ0n) is 17.1. The number of ether oxygens (including phenoxy) is 1. The molecule has 0 radical (unpaired) electrons. The van der Waals surface area contributed by atoms with Gasteiger partial charge in [0, 0.05) is 11.1 Å². The third-order valence-corrected chi connectivity index (χ3v) is 5.27. The molecule has 156 valence electrons. The van der Waals surface area contributed by atoms with E-state index >= 15 is 4.39 Å². The van der Waals surface area contributed by atoms with Crippen LogP contribution in [0.15, 0.2) is 55.4 Å². The van der Waals surface area contributed by atoms with E-state index in [2.05, 4.69) is 22.3 Å². The van der Waals surface area contributed by atoms with Crippen molar-refractivity contribution >= 4 is 11.9 Å². The lowest BCUT2D eigenvalue weighted by atomic mass is 9.79. The van der Waals surface area contributed by atoms with Crippen molar-refractivity contribution in [3.8, 4) is 17.0 Å². The van der Waals surface area contributed by atoms with Gasteiger partial charge < -0.3 is 16.2 Å². The molecular weight excluding hydrogens is 379 g/mol. The molecule has 1 saturated carbocycles. The third kappa shape index (κ3) is 4.49. The zero-order chi connectivity index (χ0) is 21.5. The minimum atomic E-state index is -0.403. The Morgan fingerprint density at radius 3 is 2.53 bits per heavy atom. The Labute approximate surface area is 176 Å². The summed E-state index contributed by atoms with van der Waals surface area (Å²) in [5.41, 5.74) is 13.8. The monoisotopic (exact) mass is 406 g/mol. The van der Waals surface area contributed by atoms with Gasteiger partial charge in [-0.05, 0) is 43.0 Å². The maximum Gasteiger partial charge on any atom is 0.174 e. The van der Waals surface area contributed by atoms with Crippen molar-refractivity contribution in [3.63, 3.8) is 0 Å². The van der Waals surface area contributed by atoms with Crippen molar-refractivity contribution in [2.24, 2.45) is 5.73 Å². The van der Waals surface area contributed by atoms with E-state index in [9.17, 15) is 0 Å². The molecule has 0 bridgehead atoms. The molecule has 1 aliphatic carbocycles. The third-order valence-electron chi connectivity index (χ3n) is 5.27. The predicted molar refractivity (Wildman–Crippen MR) is 119 cm³/mol. The molecule has 3 aromatic rings. The van der Waals surface area contributed by atoms with Gasteiger partial charge in [0.05, 0.1) is 18.1 Å². The molecule has 4 N–H and O–H groups in total. The van der Waals surface area contributed by atoms with Crippen LogP contribution in [0, 0.1) is 5.82 Å². The van der Waals surface area contributed by atoms with Gasteiger partial charge in [-0.1, -0.05) is 49.4 Å². The van der Waals surface area contributed by atoms with Crippen molar-refractivity contribution in [1.29, 1.82) is 0 Å². The molecule has 30 heavy (non-hydrogen) atoms. The van der Waals surface area contributed by atoms with Gasteiger partial charge in [0.2, 0.25) is 0 Å². The first-order valence-corrected chi connectivity index (χ1v) is 9.98. The lowest BCUT2D eigenvalue weighted by Crippen LogP contribution is -2.12. The molecule has 4 rings (SSSR count). The smallest absolute Gasteiger partial charge is 0.174 e. The van der Waals surface area contributed by atoms with Crippen LogP contribution in [-0.4, -0.2) is 17.0 Å². The quantitative estimate of drug-likeness (QED) is 0.606. The van der Waals surface area contributed by atoms with Gasteiger partial charge in [0.25, 0.3) is 0 Å². The number of nitrogens with two attached hydrogens (primary N) is 2. The number of rotatable bonds is 6. The van der Waals surface area contributed by atoms with E-state index in [1.807, 2.05) is 30.3 Å². The lowest BCUT2D eigenvalue weighted by Gasteiger charge is -2.28. The van der Waals surface area contributed by atoms with Crippen LogP contribution in [0.3, 0.4) is 0 Å². The number of anilines is 1. The summed E-state index contributed by atoms with van der Waals surface area (Å²) in [5, 5.41) is 0. The molecule has 1 aliphatic rings. The SMILES string of the molecule is C=Cc1ccccc1COc1c(C2CCC2)ccc(-c2cnc(N)cn2)c1F.CN. The summed E-state index contributed by atoms with van der Waals surface area (Å²) >= 11 is 0. The first-order chi connectivity index (χ1) is 14.7. The number of hydrogen-bond acceptors (Lipinski definition) is 5. The molecule has 0 saturated heterocycles. The van der Waals surface area contributed by atoms with Crippen LogP contribution in [0.1, 0.15) is 41.9 Å². The van der Waals surface area contributed by atoms with Gasteiger partial charge in [0.1, 0.15) is 12.4 Å². The molecule has 0 unspecified atom stereocenters. The second-order valence-electron chi connectivity index (χ2n) is 6.99. The lowest BCUT2D eigenvalue weighted by molar-refractivity contribution is 0.278. The van der Waals surface area contributed by atoms with Crippen molar-refractivity contribution in [1.82, 2.24) is 9.97 Å². The van der Waals surface area contributed by atoms with Crippen LogP contribution in [0.25, 0.3) is 17.3 Å². The molecule has 0 amide bonds. The molecular formula is C24H27FN4O. The van der Waals surface area contributed by atoms with E-state index in [4.69, 9.17) is 10.5 Å². The Kier molecular flexibility index (Phi) is 7.14. The zero-order valence-corrected chi connectivity index (χ0v) is 17.1. The summed E-state index contributed by atoms with van der Waals surface area (Å²) in [6.07, 6.45) is 7.96. The van der Waals surface area contributed by atoms with E-state index in [1.165, 1.54) is 19.4 Å². The maximum absolute atomic E-state index is 15.5. The van der Waals surface area contributed by atoms with Crippen LogP contribution in [0.2, 0.25) is 0 Å². The Bertz CT molecular complexity index is 1000. The average molecular weight is 407 g/mol. The van der Waals surface area contributed by atoms with Crippen LogP contribution in [0.4, 0.5) is 10.2 Å². The van der Waals surface area contributed by atoms with E-state index < -0.39 is 5.82 Å². The van der Waals surface area contributed by atoms with E-state index in [0.29, 0.717) is 28.7 Å². The molecule has 0 atom stereocenters. The molecule has 5 nitrogen and oxygen atoms in total. The van der Waals surface area contributed by atoms with Gasteiger partial charge in [0.15, 0.2) is 11.6 Å². The minimum Gasteiger partial charge on any atom is -0.485 e. The largest absolute Gasteiger partial charge is 0.485 e. The first-order valence-electron chi connectivity index (χ1n) is 9.98. The minimum absolute atomic E-state index is 0.274. The van der Waals surface area contributed by atoms with Crippen LogP contribution in [-0.2, 0) is 6.61 Å². The standard InChI is InChI=1S/C23H22FN3O.CH5N/c1-2-15-6-3-4-7-17(15)14-28-23-18(16-8-5-9-16)10-11-19(22(23)24)20-12-27-21(25)13-26-20;1-2/h2-4,6-7,10-13,16H,1,5,8-9,14H2,(H2,25,27);2H2,1H3. The summed E-state index contributed by atoms with van der Waals surface area (Å²) in [5.74, 6) is 0.540. The molecule has 0 spiro atoms. The van der Waals surface area contributed by atoms with Crippen molar-refractivity contribution in [2.45, 2.75) is 31.8 Å². The number of halogens is 1. The van der Waals surface area contributed by atoms with Gasteiger partial charge in [-0.3, -0.25) is 4.98 Å². The highest BCUT2D eigenvalue weighted by molar-refractivity contribution is 5.64. The molecule has 0 aliphatic heterocycles. The summed E-state index contributed by atoms with van der Waals surface area (Å²) in [7, 11) is 1.50. The van der Waals surface area contributed by atoms with Crippen molar-refractivity contribution < 1.29 is 9.13 Å². The van der Waals surface area contributed by atoms with Gasteiger partial charge in [-0.15, -0.1) is 0 Å². The van der Waals surface area contributed by atoms with Crippen molar-refractivity contribution in [3.05, 3.63) is 77.9 Å². The molecule has 6 heteroatoms. The molecule has 1 heterocycles. The van der Waals surface area contributed by atoms with Crippen LogP contribution < -0.4 is 16.2 Å². The normalized spacial score (nSPS) is 13.0. The molecule has 2 aromatic carbocycles. The fourth-order valence-corrected chi connectivity index (χ4v) is 3.45. The number of aromatic nitrogens is 2. The van der Waals surface area contributed by atoms with Gasteiger partial charge in [-0.2, -0.15) is 0 Å². The highest BCUT2D eigenvalue weighted by Crippen LogP contribution is 2.44. The van der Waals surface area contributed by atoms with E-state index in [1.54, 1.807) is 12.1 Å². The molecule has 1 fully saturated rings. The molecule has 1 aromatic heterocycles. The maximum atomic E-state index is 15.5. The van der Waals surface area contributed by atoms with Crippen molar-refractivity contribution in [2.75, 3.05) is 12.8 Å². The summed E-state index contributed by atoms with van der Waals surface area (Å²) in [4.78, 5) is 8.23. The van der Waals surface area contributed by atoms with Gasteiger partial charge in [-0.25, -0.2) is 9.37 Å². The number of hydrogen-bond donors (Lipinski definition) is 2. The van der Waals surface area contributed by atoms with Crippen LogP contribution in [0.5, 0.6) is 5.75 Å².